The van der Waals surface area contributed by atoms with Gasteiger partial charge >= 0.3 is 0 Å². The first kappa shape index (κ1) is 15.6. The van der Waals surface area contributed by atoms with Crippen molar-refractivity contribution in [2.45, 2.75) is 32.2 Å². The quantitative estimate of drug-likeness (QED) is 0.860. The highest BCUT2D eigenvalue weighted by Crippen LogP contribution is 2.40. The Labute approximate surface area is 146 Å². The molecule has 24 heavy (non-hydrogen) atoms. The van der Waals surface area contributed by atoms with Crippen molar-refractivity contribution >= 4 is 22.4 Å². The first-order valence-corrected chi connectivity index (χ1v) is 9.43. The molecule has 0 radical (unpaired) electrons. The summed E-state index contributed by atoms with van der Waals surface area (Å²) in [5, 5.41) is 3.16. The van der Waals surface area contributed by atoms with Gasteiger partial charge in [-0.2, -0.15) is 0 Å². The monoisotopic (exact) mass is 342 g/mol. The van der Waals surface area contributed by atoms with Crippen molar-refractivity contribution in [3.63, 3.8) is 0 Å². The van der Waals surface area contributed by atoms with Crippen LogP contribution in [0.25, 0.3) is 0 Å². The van der Waals surface area contributed by atoms with Crippen molar-refractivity contribution < 1.29 is 4.79 Å². The fraction of sp³-hybridized carbons (Fsp3) is 0.500. The molecule has 2 saturated heterocycles. The lowest BCUT2D eigenvalue weighted by atomic mass is 9.73. The summed E-state index contributed by atoms with van der Waals surface area (Å²) in [6.07, 6.45) is 9.51. The maximum absolute atomic E-state index is 12.4. The zero-order valence-electron chi connectivity index (χ0n) is 13.7. The predicted octanol–water partition coefficient (Wildman–Crippen LogP) is 2.95. The minimum atomic E-state index is 0.213. The van der Waals surface area contributed by atoms with Crippen LogP contribution in [0, 0.1) is 5.41 Å². The largest absolute Gasteiger partial charge is 0.347 e. The number of amides is 1. The predicted molar refractivity (Wildman–Crippen MR) is 94.9 cm³/mol. The summed E-state index contributed by atoms with van der Waals surface area (Å²) in [4.78, 5) is 25.4. The van der Waals surface area contributed by atoms with E-state index in [1.54, 1.807) is 23.7 Å². The van der Waals surface area contributed by atoms with Crippen LogP contribution in [0.15, 0.2) is 36.1 Å². The van der Waals surface area contributed by atoms with Gasteiger partial charge < -0.3 is 9.80 Å². The number of anilines is 1. The molecule has 1 atom stereocenters. The lowest BCUT2D eigenvalue weighted by Gasteiger charge is -2.48. The van der Waals surface area contributed by atoms with Gasteiger partial charge in [0, 0.05) is 62.0 Å². The Morgan fingerprint density at radius 2 is 2.04 bits per heavy atom. The van der Waals surface area contributed by atoms with E-state index in [-0.39, 0.29) is 11.3 Å². The van der Waals surface area contributed by atoms with Gasteiger partial charge in [-0.15, -0.1) is 11.3 Å². The molecule has 0 aromatic carbocycles. The highest BCUT2D eigenvalue weighted by Gasteiger charge is 2.42. The van der Waals surface area contributed by atoms with Crippen LogP contribution in [0.2, 0.25) is 0 Å². The number of piperidine rings is 2. The van der Waals surface area contributed by atoms with Crippen LogP contribution < -0.4 is 4.90 Å². The van der Waals surface area contributed by atoms with Gasteiger partial charge in [-0.05, 0) is 37.0 Å². The standard InChI is InChI=1S/C18H22N4OS/c23-16-2-6-18(14-22(16)12-15-3-7-19-8-4-15)5-1-10-21(13-18)17-20-9-11-24-17/h3-4,7-9,11H,1-2,5-6,10,12-14H2/t18-/m1/s1. The number of thiazole rings is 1. The van der Waals surface area contributed by atoms with Crippen molar-refractivity contribution in [1.29, 1.82) is 0 Å². The maximum atomic E-state index is 12.4. The van der Waals surface area contributed by atoms with Gasteiger partial charge in [-0.3, -0.25) is 9.78 Å². The number of likely N-dealkylation sites (tertiary alicyclic amines) is 1. The highest BCUT2D eigenvalue weighted by molar-refractivity contribution is 7.13. The van der Waals surface area contributed by atoms with Crippen molar-refractivity contribution in [2.24, 2.45) is 5.41 Å². The Bertz CT molecular complexity index is 690. The smallest absolute Gasteiger partial charge is 0.222 e. The maximum Gasteiger partial charge on any atom is 0.222 e. The topological polar surface area (TPSA) is 49.3 Å². The molecule has 2 aromatic heterocycles. The van der Waals surface area contributed by atoms with Crippen LogP contribution in [0.1, 0.15) is 31.2 Å². The molecule has 0 bridgehead atoms. The normalized spacial score (nSPS) is 24.6. The first-order valence-electron chi connectivity index (χ1n) is 8.55. The molecule has 2 aliphatic heterocycles. The molecule has 1 spiro atoms. The molecule has 4 rings (SSSR count). The van der Waals surface area contributed by atoms with Crippen LogP contribution in [-0.2, 0) is 11.3 Å². The Morgan fingerprint density at radius 3 is 2.83 bits per heavy atom. The lowest BCUT2D eigenvalue weighted by Crippen LogP contribution is -2.53. The summed E-state index contributed by atoms with van der Waals surface area (Å²) in [6.45, 7) is 3.64. The second-order valence-corrected chi connectivity index (χ2v) is 7.82. The summed E-state index contributed by atoms with van der Waals surface area (Å²) in [5.41, 5.74) is 1.37. The van der Waals surface area contributed by atoms with Gasteiger partial charge in [-0.1, -0.05) is 0 Å². The molecule has 2 fully saturated rings. The molecule has 0 aliphatic carbocycles. The number of hydrogen-bond acceptors (Lipinski definition) is 5. The third-order valence-electron chi connectivity index (χ3n) is 5.22. The Hall–Kier alpha value is -1.95. The zero-order valence-corrected chi connectivity index (χ0v) is 14.5. The second kappa shape index (κ2) is 6.51. The fourth-order valence-electron chi connectivity index (χ4n) is 4.03. The highest BCUT2D eigenvalue weighted by atomic mass is 32.1. The Balaban J connectivity index is 1.49. The van der Waals surface area contributed by atoms with Gasteiger partial charge in [0.05, 0.1) is 0 Å². The van der Waals surface area contributed by atoms with E-state index in [0.29, 0.717) is 13.0 Å². The molecule has 126 valence electrons. The van der Waals surface area contributed by atoms with E-state index in [4.69, 9.17) is 0 Å². The molecule has 0 N–H and O–H groups in total. The number of aromatic nitrogens is 2. The van der Waals surface area contributed by atoms with E-state index in [0.717, 1.165) is 36.8 Å². The number of rotatable bonds is 3. The van der Waals surface area contributed by atoms with E-state index < -0.39 is 0 Å². The van der Waals surface area contributed by atoms with E-state index in [1.165, 1.54) is 12.8 Å². The Kier molecular flexibility index (Phi) is 4.22. The van der Waals surface area contributed by atoms with Crippen LogP contribution in [0.3, 0.4) is 0 Å². The van der Waals surface area contributed by atoms with Crippen LogP contribution in [-0.4, -0.2) is 40.4 Å². The van der Waals surface area contributed by atoms with Gasteiger partial charge in [-0.25, -0.2) is 4.98 Å². The molecule has 6 heteroatoms. The minimum absolute atomic E-state index is 0.213. The average Bonchev–Trinajstić information content (AvgIpc) is 3.14. The number of nitrogens with zero attached hydrogens (tertiary/aromatic N) is 4. The van der Waals surface area contributed by atoms with Crippen LogP contribution in [0.4, 0.5) is 5.13 Å². The van der Waals surface area contributed by atoms with Crippen molar-refractivity contribution in [1.82, 2.24) is 14.9 Å². The third-order valence-corrected chi connectivity index (χ3v) is 6.05. The van der Waals surface area contributed by atoms with Crippen molar-refractivity contribution in [3.05, 3.63) is 41.7 Å². The van der Waals surface area contributed by atoms with Crippen LogP contribution in [0.5, 0.6) is 0 Å². The molecular formula is C18H22N4OS. The molecule has 1 amide bonds. The van der Waals surface area contributed by atoms with Gasteiger partial charge in [0.25, 0.3) is 0 Å². The van der Waals surface area contributed by atoms with Crippen LogP contribution >= 0.6 is 11.3 Å². The van der Waals surface area contributed by atoms with Gasteiger partial charge in [0.1, 0.15) is 0 Å². The molecule has 0 unspecified atom stereocenters. The zero-order chi connectivity index (χ0) is 16.4. The summed E-state index contributed by atoms with van der Waals surface area (Å²) < 4.78 is 0. The third kappa shape index (κ3) is 3.15. The molecule has 2 aromatic rings. The first-order chi connectivity index (χ1) is 11.7. The van der Waals surface area contributed by atoms with E-state index >= 15 is 0 Å². The number of carbonyl (C=O) groups excluding carboxylic acids is 1. The van der Waals surface area contributed by atoms with Gasteiger partial charge in [0.15, 0.2) is 5.13 Å². The van der Waals surface area contributed by atoms with Crippen molar-refractivity contribution in [3.8, 4) is 0 Å². The fourth-order valence-corrected chi connectivity index (χ4v) is 4.70. The van der Waals surface area contributed by atoms with E-state index in [9.17, 15) is 4.79 Å². The summed E-state index contributed by atoms with van der Waals surface area (Å²) >= 11 is 1.71. The minimum Gasteiger partial charge on any atom is -0.347 e. The lowest BCUT2D eigenvalue weighted by molar-refractivity contribution is -0.138. The number of pyridine rings is 1. The Morgan fingerprint density at radius 1 is 1.17 bits per heavy atom. The number of carbonyl (C=O) groups is 1. The van der Waals surface area contributed by atoms with Crippen molar-refractivity contribution in [2.75, 3.05) is 24.5 Å². The second-order valence-electron chi connectivity index (χ2n) is 6.95. The summed E-state index contributed by atoms with van der Waals surface area (Å²) in [7, 11) is 0. The molecule has 5 nitrogen and oxygen atoms in total. The number of hydrogen-bond donors (Lipinski definition) is 0. The summed E-state index contributed by atoms with van der Waals surface area (Å²) in [6, 6.07) is 3.99. The average molecular weight is 342 g/mol. The molecule has 4 heterocycles. The molecule has 0 saturated carbocycles. The SMILES string of the molecule is O=C1CC[C@@]2(CCCN(c3nccs3)C2)CN1Cc1ccncc1. The van der Waals surface area contributed by atoms with Gasteiger partial charge in [0.2, 0.25) is 5.91 Å². The summed E-state index contributed by atoms with van der Waals surface area (Å²) in [5.74, 6) is 0.281. The molecular weight excluding hydrogens is 320 g/mol. The van der Waals surface area contributed by atoms with E-state index in [2.05, 4.69) is 14.9 Å². The van der Waals surface area contributed by atoms with E-state index in [1.807, 2.05) is 28.6 Å². The molecule has 2 aliphatic rings.